The van der Waals surface area contributed by atoms with Gasteiger partial charge in [-0.1, -0.05) is 37.3 Å². The predicted octanol–water partition coefficient (Wildman–Crippen LogP) is 3.83. The Morgan fingerprint density at radius 1 is 1.32 bits per heavy atom. The molecule has 0 N–H and O–H groups in total. The lowest BCUT2D eigenvalue weighted by Crippen LogP contribution is -2.26. The number of hydrogen-bond donors (Lipinski definition) is 0. The van der Waals surface area contributed by atoms with Crippen molar-refractivity contribution in [2.45, 2.75) is 26.2 Å². The van der Waals surface area contributed by atoms with Gasteiger partial charge in [0.25, 0.3) is 0 Å². The fraction of sp³-hybridized carbons (Fsp3) is 0.529. The molecule has 0 unspecified atom stereocenters. The van der Waals surface area contributed by atoms with E-state index in [0.29, 0.717) is 0 Å². The quantitative estimate of drug-likeness (QED) is 0.703. The van der Waals surface area contributed by atoms with Crippen LogP contribution in [0, 0.1) is 5.92 Å². The van der Waals surface area contributed by atoms with E-state index in [2.05, 4.69) is 36.1 Å². The molecule has 0 radical (unpaired) electrons. The van der Waals surface area contributed by atoms with E-state index in [9.17, 15) is 0 Å². The maximum absolute atomic E-state index is 5.36. The lowest BCUT2D eigenvalue weighted by atomic mass is 10.2. The third kappa shape index (κ3) is 4.71. The van der Waals surface area contributed by atoms with Crippen LogP contribution in [0.5, 0.6) is 5.75 Å². The number of methoxy groups -OCH3 is 1. The highest BCUT2D eigenvalue weighted by atomic mass is 16.5. The summed E-state index contributed by atoms with van der Waals surface area (Å²) in [7, 11) is 1.73. The molecule has 0 bridgehead atoms. The van der Waals surface area contributed by atoms with Crippen LogP contribution in [0.4, 0.5) is 0 Å². The van der Waals surface area contributed by atoms with Gasteiger partial charge in [-0.05, 0) is 37.8 Å². The van der Waals surface area contributed by atoms with E-state index in [4.69, 9.17) is 4.74 Å². The van der Waals surface area contributed by atoms with Gasteiger partial charge in [0.05, 0.1) is 7.11 Å². The van der Waals surface area contributed by atoms with Gasteiger partial charge >= 0.3 is 0 Å². The van der Waals surface area contributed by atoms with Crippen LogP contribution in [0.3, 0.4) is 0 Å². The summed E-state index contributed by atoms with van der Waals surface area (Å²) in [4.78, 5) is 2.56. The van der Waals surface area contributed by atoms with E-state index in [1.165, 1.54) is 32.4 Å². The van der Waals surface area contributed by atoms with Gasteiger partial charge in [-0.25, -0.2) is 0 Å². The first-order valence-corrected chi connectivity index (χ1v) is 7.35. The smallest absolute Gasteiger partial charge is 0.126 e. The predicted molar refractivity (Wildman–Crippen MR) is 81.5 cm³/mol. The van der Waals surface area contributed by atoms with E-state index in [-0.39, 0.29) is 0 Å². The van der Waals surface area contributed by atoms with Gasteiger partial charge < -0.3 is 4.74 Å². The molecule has 2 heteroatoms. The van der Waals surface area contributed by atoms with Crippen molar-refractivity contribution in [1.29, 1.82) is 0 Å². The Bertz CT molecular complexity index is 409. The topological polar surface area (TPSA) is 12.5 Å². The third-order valence-electron chi connectivity index (χ3n) is 3.55. The fourth-order valence-electron chi connectivity index (χ4n) is 2.37. The van der Waals surface area contributed by atoms with Gasteiger partial charge in [0.15, 0.2) is 0 Å². The van der Waals surface area contributed by atoms with Gasteiger partial charge in [0.1, 0.15) is 5.75 Å². The Morgan fingerprint density at radius 3 is 2.79 bits per heavy atom. The maximum Gasteiger partial charge on any atom is 0.126 e. The van der Waals surface area contributed by atoms with Crippen molar-refractivity contribution in [3.63, 3.8) is 0 Å². The molecule has 1 aromatic rings. The van der Waals surface area contributed by atoms with Crippen molar-refractivity contribution in [1.82, 2.24) is 4.90 Å². The number of para-hydroxylation sites is 1. The van der Waals surface area contributed by atoms with Crippen molar-refractivity contribution < 1.29 is 4.74 Å². The zero-order valence-electron chi connectivity index (χ0n) is 12.1. The first-order chi connectivity index (χ1) is 9.33. The Balaban J connectivity index is 1.89. The van der Waals surface area contributed by atoms with E-state index in [0.717, 1.165) is 23.8 Å². The molecule has 104 valence electrons. The monoisotopic (exact) mass is 259 g/mol. The minimum absolute atomic E-state index is 0.947. The second-order valence-electron chi connectivity index (χ2n) is 5.35. The van der Waals surface area contributed by atoms with Crippen LogP contribution >= 0.6 is 0 Å². The number of nitrogens with zero attached hydrogens (tertiary/aromatic N) is 1. The molecule has 1 aromatic carbocycles. The van der Waals surface area contributed by atoms with Crippen LogP contribution < -0.4 is 4.74 Å². The lowest BCUT2D eigenvalue weighted by molar-refractivity contribution is 0.291. The van der Waals surface area contributed by atoms with Crippen LogP contribution in [0.15, 0.2) is 30.3 Å². The van der Waals surface area contributed by atoms with Crippen LogP contribution in [-0.4, -0.2) is 31.6 Å². The standard InChI is InChI=1S/C17H25NO/c1-3-12-18(14-15-10-11-15)13-6-8-16-7-4-5-9-17(16)19-2/h4-9,15H,3,10-14H2,1-2H3. The van der Waals surface area contributed by atoms with Crippen LogP contribution in [0.1, 0.15) is 31.7 Å². The Hall–Kier alpha value is -1.28. The van der Waals surface area contributed by atoms with Gasteiger partial charge in [-0.15, -0.1) is 0 Å². The highest BCUT2D eigenvalue weighted by molar-refractivity contribution is 5.57. The Morgan fingerprint density at radius 2 is 2.11 bits per heavy atom. The van der Waals surface area contributed by atoms with Crippen LogP contribution in [-0.2, 0) is 0 Å². The lowest BCUT2D eigenvalue weighted by Gasteiger charge is -2.19. The highest BCUT2D eigenvalue weighted by Gasteiger charge is 2.23. The van der Waals surface area contributed by atoms with Crippen LogP contribution in [0.2, 0.25) is 0 Å². The first-order valence-electron chi connectivity index (χ1n) is 7.35. The fourth-order valence-corrected chi connectivity index (χ4v) is 2.37. The molecule has 1 fully saturated rings. The largest absolute Gasteiger partial charge is 0.496 e. The van der Waals surface area contributed by atoms with E-state index < -0.39 is 0 Å². The second kappa shape index (κ2) is 7.34. The summed E-state index contributed by atoms with van der Waals surface area (Å²) in [6.07, 6.45) is 8.52. The molecular formula is C17H25NO. The summed E-state index contributed by atoms with van der Waals surface area (Å²) in [5.41, 5.74) is 1.16. The van der Waals surface area contributed by atoms with E-state index >= 15 is 0 Å². The van der Waals surface area contributed by atoms with Crippen molar-refractivity contribution in [3.05, 3.63) is 35.9 Å². The normalized spacial score (nSPS) is 15.3. The maximum atomic E-state index is 5.36. The molecule has 0 aliphatic heterocycles. The van der Waals surface area contributed by atoms with Crippen molar-refractivity contribution in [2.75, 3.05) is 26.7 Å². The molecule has 1 aliphatic carbocycles. The average Bonchev–Trinajstić information content (AvgIpc) is 3.23. The second-order valence-corrected chi connectivity index (χ2v) is 5.35. The molecule has 1 aliphatic rings. The SMILES string of the molecule is CCCN(CC=Cc1ccccc1OC)CC1CC1. The molecule has 1 saturated carbocycles. The van der Waals surface area contributed by atoms with Crippen LogP contribution in [0.25, 0.3) is 6.08 Å². The molecule has 19 heavy (non-hydrogen) atoms. The molecule has 2 nitrogen and oxygen atoms in total. The zero-order chi connectivity index (χ0) is 13.5. The zero-order valence-corrected chi connectivity index (χ0v) is 12.1. The molecule has 0 atom stereocenters. The molecule has 2 rings (SSSR count). The third-order valence-corrected chi connectivity index (χ3v) is 3.55. The highest BCUT2D eigenvalue weighted by Crippen LogP contribution is 2.29. The van der Waals surface area contributed by atoms with Crippen molar-refractivity contribution in [3.8, 4) is 5.75 Å². The minimum Gasteiger partial charge on any atom is -0.496 e. The summed E-state index contributed by atoms with van der Waals surface area (Å²) in [6.45, 7) is 5.77. The number of ether oxygens (including phenoxy) is 1. The van der Waals surface area contributed by atoms with Gasteiger partial charge in [-0.3, -0.25) is 4.90 Å². The molecule has 0 amide bonds. The average molecular weight is 259 g/mol. The molecule has 0 saturated heterocycles. The van der Waals surface area contributed by atoms with E-state index in [1.54, 1.807) is 7.11 Å². The molecule has 0 heterocycles. The molecular weight excluding hydrogens is 234 g/mol. The molecule has 0 spiro atoms. The van der Waals surface area contributed by atoms with Crippen molar-refractivity contribution in [2.24, 2.45) is 5.92 Å². The van der Waals surface area contributed by atoms with Gasteiger partial charge in [-0.2, -0.15) is 0 Å². The number of benzene rings is 1. The van der Waals surface area contributed by atoms with E-state index in [1.807, 2.05) is 12.1 Å². The summed E-state index contributed by atoms with van der Waals surface area (Å²) in [5.74, 6) is 1.91. The summed E-state index contributed by atoms with van der Waals surface area (Å²) in [6, 6.07) is 8.16. The Labute approximate surface area is 117 Å². The molecule has 0 aromatic heterocycles. The number of hydrogen-bond acceptors (Lipinski definition) is 2. The summed E-state index contributed by atoms with van der Waals surface area (Å²) >= 11 is 0. The van der Waals surface area contributed by atoms with Gasteiger partial charge in [0.2, 0.25) is 0 Å². The Kier molecular flexibility index (Phi) is 5.46. The summed E-state index contributed by atoms with van der Waals surface area (Å²) in [5, 5.41) is 0. The first kappa shape index (κ1) is 14.1. The minimum atomic E-state index is 0.947. The summed E-state index contributed by atoms with van der Waals surface area (Å²) < 4.78 is 5.36. The van der Waals surface area contributed by atoms with Crippen molar-refractivity contribution >= 4 is 6.08 Å². The van der Waals surface area contributed by atoms with Gasteiger partial charge in [0, 0.05) is 18.7 Å². The number of rotatable bonds is 8.